The van der Waals surface area contributed by atoms with Crippen LogP contribution in [0.25, 0.3) is 21.5 Å². The first kappa shape index (κ1) is 17.3. The number of anilines is 1. The molecule has 4 aromatic rings. The fourth-order valence-corrected chi connectivity index (χ4v) is 5.05. The van der Waals surface area contributed by atoms with E-state index in [1.165, 1.54) is 38.2 Å². The molecule has 1 aliphatic rings. The Morgan fingerprint density at radius 3 is 2.50 bits per heavy atom. The van der Waals surface area contributed by atoms with E-state index < -0.39 is 0 Å². The predicted molar refractivity (Wildman–Crippen MR) is 120 cm³/mol. The Hall–Kier alpha value is -2.78. The Bertz CT molecular complexity index is 1180. The summed E-state index contributed by atoms with van der Waals surface area (Å²) < 4.78 is 0. The minimum absolute atomic E-state index is 0.0592. The molecule has 0 bridgehead atoms. The number of hydrogen-bond donors (Lipinski definition) is 1. The van der Waals surface area contributed by atoms with Gasteiger partial charge in [-0.15, -0.1) is 11.8 Å². The highest BCUT2D eigenvalue weighted by Gasteiger charge is 2.16. The molecule has 28 heavy (non-hydrogen) atoms. The Kier molecular flexibility index (Phi) is 4.53. The molecule has 0 unspecified atom stereocenters. The molecule has 2 nitrogen and oxygen atoms in total. The number of carbonyl (C=O) groups excluding carboxylic acids is 1. The van der Waals surface area contributed by atoms with E-state index in [2.05, 4.69) is 78.1 Å². The van der Waals surface area contributed by atoms with Gasteiger partial charge in [-0.05, 0) is 51.8 Å². The number of thioether (sulfide) groups is 1. The fourth-order valence-electron chi connectivity index (χ4n) is 4.21. The van der Waals surface area contributed by atoms with Crippen molar-refractivity contribution in [3.8, 4) is 0 Å². The van der Waals surface area contributed by atoms with Crippen molar-refractivity contribution in [2.75, 3.05) is 11.1 Å². The highest BCUT2D eigenvalue weighted by molar-refractivity contribution is 7.99. The van der Waals surface area contributed by atoms with Gasteiger partial charge in [-0.2, -0.15) is 0 Å². The molecule has 4 aromatic carbocycles. The van der Waals surface area contributed by atoms with Gasteiger partial charge in [0.05, 0.1) is 5.75 Å². The summed E-state index contributed by atoms with van der Waals surface area (Å²) in [7, 11) is 0. The second-order valence-electron chi connectivity index (χ2n) is 7.29. The lowest BCUT2D eigenvalue weighted by Crippen LogP contribution is -2.14. The van der Waals surface area contributed by atoms with E-state index in [-0.39, 0.29) is 5.91 Å². The van der Waals surface area contributed by atoms with Crippen LogP contribution in [0.15, 0.2) is 72.8 Å². The molecule has 0 spiro atoms. The lowest BCUT2D eigenvalue weighted by atomic mass is 10.0. The molecule has 1 N–H and O–H groups in total. The number of fused-ring (bicyclic) bond motifs is 1. The summed E-state index contributed by atoms with van der Waals surface area (Å²) in [4.78, 5) is 12.6. The highest BCUT2D eigenvalue weighted by atomic mass is 32.2. The van der Waals surface area contributed by atoms with Gasteiger partial charge >= 0.3 is 0 Å². The molecule has 0 saturated carbocycles. The normalized spacial score (nSPS) is 12.6. The van der Waals surface area contributed by atoms with Crippen molar-refractivity contribution in [2.45, 2.75) is 18.6 Å². The minimum atomic E-state index is 0.0592. The molecule has 1 aliphatic carbocycles. The van der Waals surface area contributed by atoms with Gasteiger partial charge in [0.25, 0.3) is 0 Å². The third-order valence-electron chi connectivity index (χ3n) is 5.52. The lowest BCUT2D eigenvalue weighted by Gasteiger charge is -2.11. The molecule has 0 saturated heterocycles. The van der Waals surface area contributed by atoms with Crippen molar-refractivity contribution in [3.63, 3.8) is 0 Å². The first-order valence-corrected chi connectivity index (χ1v) is 10.8. The summed E-state index contributed by atoms with van der Waals surface area (Å²) in [5.41, 5.74) is 5.00. The van der Waals surface area contributed by atoms with E-state index in [0.717, 1.165) is 24.3 Å². The standard InChI is InChI=1S/C25H21NOS/c27-24(16-28-15-20-8-3-6-17-5-1-2-9-21(17)20)26-23-14-13-19-12-11-18-7-4-10-22(23)25(18)19/h1-10,13-14H,11-12,15-16H2,(H,26,27). The summed E-state index contributed by atoms with van der Waals surface area (Å²) >= 11 is 1.66. The van der Waals surface area contributed by atoms with Crippen LogP contribution in [0, 0.1) is 0 Å². The number of nitrogens with one attached hydrogen (secondary N) is 1. The summed E-state index contributed by atoms with van der Waals surface area (Å²) in [6, 6.07) is 25.4. The number of aryl methyl sites for hydroxylation is 2. The predicted octanol–water partition coefficient (Wildman–Crippen LogP) is 5.96. The molecule has 0 radical (unpaired) electrons. The molecule has 5 rings (SSSR count). The van der Waals surface area contributed by atoms with Gasteiger partial charge < -0.3 is 5.32 Å². The molecule has 0 aliphatic heterocycles. The van der Waals surface area contributed by atoms with Gasteiger partial charge in [-0.3, -0.25) is 4.79 Å². The van der Waals surface area contributed by atoms with Gasteiger partial charge in [0.2, 0.25) is 5.91 Å². The topological polar surface area (TPSA) is 29.1 Å². The van der Waals surface area contributed by atoms with Gasteiger partial charge in [0.15, 0.2) is 0 Å². The van der Waals surface area contributed by atoms with E-state index in [9.17, 15) is 4.79 Å². The Balaban J connectivity index is 1.28. The fraction of sp³-hybridized carbons (Fsp3) is 0.160. The molecule has 0 fully saturated rings. The zero-order valence-corrected chi connectivity index (χ0v) is 16.4. The molecular weight excluding hydrogens is 362 g/mol. The number of hydrogen-bond acceptors (Lipinski definition) is 2. The van der Waals surface area contributed by atoms with E-state index in [4.69, 9.17) is 0 Å². The summed E-state index contributed by atoms with van der Waals surface area (Å²) in [5, 5.41) is 8.15. The first-order chi connectivity index (χ1) is 13.8. The van der Waals surface area contributed by atoms with Crippen LogP contribution in [0.3, 0.4) is 0 Å². The van der Waals surface area contributed by atoms with Crippen molar-refractivity contribution in [1.29, 1.82) is 0 Å². The van der Waals surface area contributed by atoms with Crippen LogP contribution in [-0.2, 0) is 23.4 Å². The number of benzene rings is 4. The number of amides is 1. The Morgan fingerprint density at radius 2 is 1.57 bits per heavy atom. The number of carbonyl (C=O) groups is 1. The maximum Gasteiger partial charge on any atom is 0.234 e. The van der Waals surface area contributed by atoms with Crippen LogP contribution in [0.2, 0.25) is 0 Å². The number of rotatable bonds is 5. The van der Waals surface area contributed by atoms with Gasteiger partial charge in [0.1, 0.15) is 0 Å². The van der Waals surface area contributed by atoms with E-state index in [0.29, 0.717) is 5.75 Å². The molecular formula is C25H21NOS. The maximum atomic E-state index is 12.6. The minimum Gasteiger partial charge on any atom is -0.325 e. The van der Waals surface area contributed by atoms with Crippen molar-refractivity contribution in [3.05, 3.63) is 89.5 Å². The van der Waals surface area contributed by atoms with Crippen LogP contribution in [0.5, 0.6) is 0 Å². The average Bonchev–Trinajstić information content (AvgIpc) is 3.15. The van der Waals surface area contributed by atoms with Crippen molar-refractivity contribution in [2.24, 2.45) is 0 Å². The van der Waals surface area contributed by atoms with E-state index in [1.807, 2.05) is 0 Å². The van der Waals surface area contributed by atoms with Gasteiger partial charge in [0, 0.05) is 16.8 Å². The molecule has 138 valence electrons. The zero-order valence-electron chi connectivity index (χ0n) is 15.6. The molecule has 0 atom stereocenters. The molecule has 0 heterocycles. The Labute approximate surface area is 169 Å². The summed E-state index contributed by atoms with van der Waals surface area (Å²) in [5.74, 6) is 1.34. The summed E-state index contributed by atoms with van der Waals surface area (Å²) in [6.45, 7) is 0. The molecule has 1 amide bonds. The van der Waals surface area contributed by atoms with Crippen molar-refractivity contribution >= 4 is 44.9 Å². The van der Waals surface area contributed by atoms with Crippen LogP contribution >= 0.6 is 11.8 Å². The Morgan fingerprint density at radius 1 is 0.821 bits per heavy atom. The SMILES string of the molecule is O=C(CSCc1cccc2ccccc12)Nc1ccc2c3c(cccc13)CC2. The highest BCUT2D eigenvalue weighted by Crippen LogP contribution is 2.35. The second-order valence-corrected chi connectivity index (χ2v) is 8.28. The first-order valence-electron chi connectivity index (χ1n) is 9.67. The van der Waals surface area contributed by atoms with E-state index in [1.54, 1.807) is 11.8 Å². The molecule has 3 heteroatoms. The van der Waals surface area contributed by atoms with Crippen LogP contribution in [0.4, 0.5) is 5.69 Å². The zero-order chi connectivity index (χ0) is 18.9. The maximum absolute atomic E-state index is 12.6. The monoisotopic (exact) mass is 383 g/mol. The van der Waals surface area contributed by atoms with Crippen LogP contribution in [-0.4, -0.2) is 11.7 Å². The van der Waals surface area contributed by atoms with Crippen LogP contribution < -0.4 is 5.32 Å². The third-order valence-corrected chi connectivity index (χ3v) is 6.50. The third kappa shape index (κ3) is 3.16. The van der Waals surface area contributed by atoms with Gasteiger partial charge in [-0.25, -0.2) is 0 Å². The largest absolute Gasteiger partial charge is 0.325 e. The smallest absolute Gasteiger partial charge is 0.234 e. The van der Waals surface area contributed by atoms with E-state index >= 15 is 0 Å². The molecule has 0 aromatic heterocycles. The lowest BCUT2D eigenvalue weighted by molar-refractivity contribution is -0.113. The summed E-state index contributed by atoms with van der Waals surface area (Å²) in [6.07, 6.45) is 2.20. The van der Waals surface area contributed by atoms with Crippen molar-refractivity contribution < 1.29 is 4.79 Å². The van der Waals surface area contributed by atoms with Gasteiger partial charge in [-0.1, -0.05) is 66.7 Å². The second kappa shape index (κ2) is 7.33. The quantitative estimate of drug-likeness (QED) is 0.460. The average molecular weight is 384 g/mol. The van der Waals surface area contributed by atoms with Crippen LogP contribution in [0.1, 0.15) is 16.7 Å². The van der Waals surface area contributed by atoms with Crippen molar-refractivity contribution in [1.82, 2.24) is 0 Å².